The first-order valence-corrected chi connectivity index (χ1v) is 9.95. The third-order valence-electron chi connectivity index (χ3n) is 4.97. The summed E-state index contributed by atoms with van der Waals surface area (Å²) in [5.74, 6) is -0.922. The third kappa shape index (κ3) is 5.93. The molecule has 4 heteroatoms. The lowest BCUT2D eigenvalue weighted by Crippen LogP contribution is -2.03. The number of aryl methyl sites for hydroxylation is 1. The van der Waals surface area contributed by atoms with Gasteiger partial charge >= 0.3 is 5.97 Å². The Morgan fingerprint density at radius 3 is 2.41 bits per heavy atom. The SMILES string of the molecule is Cc1cccc([C@@H](O)CCCCNc2cccc(-c3cccc(C(=O)O)c3)c2)c1. The lowest BCUT2D eigenvalue weighted by atomic mass is 10.0. The molecule has 0 bridgehead atoms. The number of nitrogens with one attached hydrogen (secondary N) is 1. The molecule has 0 aromatic heterocycles. The summed E-state index contributed by atoms with van der Waals surface area (Å²) in [5, 5.41) is 22.9. The van der Waals surface area contributed by atoms with Gasteiger partial charge in [-0.05, 0) is 67.1 Å². The number of aliphatic hydroxyl groups is 1. The molecule has 0 aliphatic carbocycles. The fourth-order valence-corrected chi connectivity index (χ4v) is 3.38. The summed E-state index contributed by atoms with van der Waals surface area (Å²) in [6.45, 7) is 2.85. The van der Waals surface area contributed by atoms with E-state index < -0.39 is 12.1 Å². The van der Waals surface area contributed by atoms with Gasteiger partial charge in [-0.25, -0.2) is 4.79 Å². The summed E-state index contributed by atoms with van der Waals surface area (Å²) < 4.78 is 0. The zero-order valence-electron chi connectivity index (χ0n) is 16.6. The second-order valence-corrected chi connectivity index (χ2v) is 7.32. The number of benzene rings is 3. The van der Waals surface area contributed by atoms with E-state index in [2.05, 4.69) is 5.32 Å². The second-order valence-electron chi connectivity index (χ2n) is 7.32. The van der Waals surface area contributed by atoms with Crippen LogP contribution in [-0.2, 0) is 0 Å². The van der Waals surface area contributed by atoms with Crippen molar-refractivity contribution in [1.29, 1.82) is 0 Å². The number of hydrogen-bond acceptors (Lipinski definition) is 3. The van der Waals surface area contributed by atoms with E-state index in [1.807, 2.05) is 61.5 Å². The Bertz CT molecular complexity index is 968. The number of rotatable bonds is 9. The minimum atomic E-state index is -0.922. The molecule has 0 aliphatic rings. The van der Waals surface area contributed by atoms with E-state index in [0.29, 0.717) is 0 Å². The van der Waals surface area contributed by atoms with Crippen LogP contribution in [0.1, 0.15) is 46.9 Å². The molecular weight excluding hydrogens is 362 g/mol. The van der Waals surface area contributed by atoms with Gasteiger partial charge in [-0.3, -0.25) is 0 Å². The molecule has 0 fully saturated rings. The molecule has 0 aliphatic heterocycles. The second kappa shape index (κ2) is 9.89. The molecule has 150 valence electrons. The van der Waals surface area contributed by atoms with Gasteiger partial charge in [0.1, 0.15) is 0 Å². The van der Waals surface area contributed by atoms with Crippen LogP contribution in [0.2, 0.25) is 0 Å². The van der Waals surface area contributed by atoms with E-state index in [4.69, 9.17) is 0 Å². The van der Waals surface area contributed by atoms with Gasteiger partial charge in [0.05, 0.1) is 11.7 Å². The number of aromatic carboxylic acids is 1. The predicted octanol–water partition coefficient (Wildman–Crippen LogP) is 5.68. The van der Waals surface area contributed by atoms with Crippen LogP contribution in [0.4, 0.5) is 5.69 Å². The van der Waals surface area contributed by atoms with Crippen molar-refractivity contribution >= 4 is 11.7 Å². The number of carboxylic acid groups (broad SMARTS) is 1. The predicted molar refractivity (Wildman–Crippen MR) is 117 cm³/mol. The van der Waals surface area contributed by atoms with Gasteiger partial charge in [0.2, 0.25) is 0 Å². The highest BCUT2D eigenvalue weighted by atomic mass is 16.4. The van der Waals surface area contributed by atoms with E-state index in [9.17, 15) is 15.0 Å². The summed E-state index contributed by atoms with van der Waals surface area (Å²) in [5.41, 5.74) is 5.30. The van der Waals surface area contributed by atoms with Crippen molar-refractivity contribution in [2.75, 3.05) is 11.9 Å². The van der Waals surface area contributed by atoms with Gasteiger partial charge in [0.15, 0.2) is 0 Å². The summed E-state index contributed by atoms with van der Waals surface area (Å²) in [7, 11) is 0. The minimum absolute atomic E-state index is 0.285. The Hall–Kier alpha value is -3.11. The van der Waals surface area contributed by atoms with E-state index in [-0.39, 0.29) is 5.56 Å². The van der Waals surface area contributed by atoms with E-state index in [0.717, 1.165) is 53.7 Å². The lowest BCUT2D eigenvalue weighted by Gasteiger charge is -2.12. The zero-order chi connectivity index (χ0) is 20.6. The summed E-state index contributed by atoms with van der Waals surface area (Å²) >= 11 is 0. The Kier molecular flexibility index (Phi) is 7.04. The highest BCUT2D eigenvalue weighted by Crippen LogP contribution is 2.24. The maximum absolute atomic E-state index is 11.2. The summed E-state index contributed by atoms with van der Waals surface area (Å²) in [4.78, 5) is 11.2. The monoisotopic (exact) mass is 389 g/mol. The highest BCUT2D eigenvalue weighted by molar-refractivity contribution is 5.89. The largest absolute Gasteiger partial charge is 0.478 e. The Morgan fingerprint density at radius 2 is 1.66 bits per heavy atom. The smallest absolute Gasteiger partial charge is 0.335 e. The molecule has 29 heavy (non-hydrogen) atoms. The van der Waals surface area contributed by atoms with Crippen LogP contribution in [-0.4, -0.2) is 22.7 Å². The molecule has 0 heterocycles. The first-order chi connectivity index (χ1) is 14.0. The van der Waals surface area contributed by atoms with Crippen LogP contribution < -0.4 is 5.32 Å². The van der Waals surface area contributed by atoms with Gasteiger partial charge in [0, 0.05) is 12.2 Å². The molecule has 1 atom stereocenters. The van der Waals surface area contributed by atoms with Gasteiger partial charge in [-0.2, -0.15) is 0 Å². The molecule has 3 aromatic rings. The van der Waals surface area contributed by atoms with Crippen molar-refractivity contribution in [2.24, 2.45) is 0 Å². The molecule has 0 saturated heterocycles. The first kappa shape index (κ1) is 20.6. The van der Waals surface area contributed by atoms with Gasteiger partial charge < -0.3 is 15.5 Å². The molecule has 3 N–H and O–H groups in total. The fourth-order valence-electron chi connectivity index (χ4n) is 3.38. The van der Waals surface area contributed by atoms with Crippen LogP contribution >= 0.6 is 0 Å². The number of hydrogen-bond donors (Lipinski definition) is 3. The standard InChI is InChI=1S/C25H27NO3/c1-18-7-4-10-21(15-18)24(27)13-2-3-14-26-23-12-6-9-20(17-23)19-8-5-11-22(16-19)25(28)29/h4-12,15-17,24,26-27H,2-3,13-14H2,1H3,(H,28,29)/t24-/m0/s1. The van der Waals surface area contributed by atoms with Crippen LogP contribution in [0.3, 0.4) is 0 Å². The molecule has 0 unspecified atom stereocenters. The number of unbranched alkanes of at least 4 members (excludes halogenated alkanes) is 1. The highest BCUT2D eigenvalue weighted by Gasteiger charge is 2.08. The molecule has 3 rings (SSSR count). The van der Waals surface area contributed by atoms with Crippen molar-refractivity contribution in [3.05, 3.63) is 89.5 Å². The zero-order valence-corrected chi connectivity index (χ0v) is 16.6. The van der Waals surface area contributed by atoms with Gasteiger partial charge in [0.25, 0.3) is 0 Å². The maximum atomic E-state index is 11.2. The van der Waals surface area contributed by atoms with E-state index in [1.54, 1.807) is 18.2 Å². The number of carboxylic acids is 1. The molecule has 3 aromatic carbocycles. The summed E-state index contributed by atoms with van der Waals surface area (Å²) in [6, 6.07) is 23.0. The van der Waals surface area contributed by atoms with Gasteiger partial charge in [-0.1, -0.05) is 54.1 Å². The topological polar surface area (TPSA) is 69.6 Å². The molecule has 0 spiro atoms. The van der Waals surface area contributed by atoms with Crippen molar-refractivity contribution in [2.45, 2.75) is 32.3 Å². The maximum Gasteiger partial charge on any atom is 0.335 e. The Balaban J connectivity index is 1.50. The van der Waals surface area contributed by atoms with Crippen molar-refractivity contribution in [3.63, 3.8) is 0 Å². The quantitative estimate of drug-likeness (QED) is 0.412. The first-order valence-electron chi connectivity index (χ1n) is 9.95. The Labute approximate surface area is 171 Å². The average molecular weight is 389 g/mol. The fraction of sp³-hybridized carbons (Fsp3) is 0.240. The van der Waals surface area contributed by atoms with E-state index in [1.165, 1.54) is 0 Å². The van der Waals surface area contributed by atoms with Crippen LogP contribution in [0.15, 0.2) is 72.8 Å². The lowest BCUT2D eigenvalue weighted by molar-refractivity contribution is 0.0697. The normalized spacial score (nSPS) is 11.8. The minimum Gasteiger partial charge on any atom is -0.478 e. The third-order valence-corrected chi connectivity index (χ3v) is 4.97. The molecule has 0 saturated carbocycles. The van der Waals surface area contributed by atoms with Gasteiger partial charge in [-0.15, -0.1) is 0 Å². The van der Waals surface area contributed by atoms with Crippen LogP contribution in [0.5, 0.6) is 0 Å². The molecular formula is C25H27NO3. The molecule has 4 nitrogen and oxygen atoms in total. The molecule has 0 radical (unpaired) electrons. The number of aliphatic hydroxyl groups excluding tert-OH is 1. The summed E-state index contributed by atoms with van der Waals surface area (Å²) in [6.07, 6.45) is 2.22. The van der Waals surface area contributed by atoms with Crippen molar-refractivity contribution < 1.29 is 15.0 Å². The molecule has 0 amide bonds. The van der Waals surface area contributed by atoms with Crippen LogP contribution in [0, 0.1) is 6.92 Å². The Morgan fingerprint density at radius 1 is 0.931 bits per heavy atom. The van der Waals surface area contributed by atoms with Crippen molar-refractivity contribution in [3.8, 4) is 11.1 Å². The van der Waals surface area contributed by atoms with E-state index >= 15 is 0 Å². The average Bonchev–Trinajstić information content (AvgIpc) is 2.73. The number of anilines is 1. The van der Waals surface area contributed by atoms with Crippen LogP contribution in [0.25, 0.3) is 11.1 Å². The van der Waals surface area contributed by atoms with Crippen molar-refractivity contribution in [1.82, 2.24) is 0 Å². The number of carbonyl (C=O) groups is 1.